The fourth-order valence-corrected chi connectivity index (χ4v) is 0.368. The van der Waals surface area contributed by atoms with Gasteiger partial charge in [-0.05, 0) is 13.8 Å². The summed E-state index contributed by atoms with van der Waals surface area (Å²) < 4.78 is -0.305. The SMILES string of the molecule is CC(C)(S)CNC(=O)[O-]. The summed E-state index contributed by atoms with van der Waals surface area (Å²) in [5.74, 6) is 0. The van der Waals surface area contributed by atoms with Crippen molar-refractivity contribution in [3.05, 3.63) is 0 Å². The molecule has 1 N–H and O–H groups in total. The van der Waals surface area contributed by atoms with E-state index in [9.17, 15) is 9.90 Å². The molecule has 0 aromatic heterocycles. The number of thiol groups is 1. The lowest BCUT2D eigenvalue weighted by Crippen LogP contribution is -2.42. The first kappa shape index (κ1) is 8.62. The van der Waals surface area contributed by atoms with Gasteiger partial charge in [0.25, 0.3) is 0 Å². The molecule has 9 heavy (non-hydrogen) atoms. The van der Waals surface area contributed by atoms with Crippen molar-refractivity contribution in [3.63, 3.8) is 0 Å². The molecule has 0 bridgehead atoms. The smallest absolute Gasteiger partial charge is 0.134 e. The topological polar surface area (TPSA) is 52.2 Å². The molecule has 0 saturated heterocycles. The van der Waals surface area contributed by atoms with E-state index in [0.29, 0.717) is 6.54 Å². The van der Waals surface area contributed by atoms with Crippen LogP contribution in [0.5, 0.6) is 0 Å². The van der Waals surface area contributed by atoms with Crippen LogP contribution in [-0.4, -0.2) is 17.4 Å². The third-order valence-electron chi connectivity index (χ3n) is 0.665. The molecule has 0 aliphatic heterocycles. The largest absolute Gasteiger partial charge is 0.530 e. The molecule has 0 unspecified atom stereocenters. The lowest BCUT2D eigenvalue weighted by Gasteiger charge is -2.18. The summed E-state index contributed by atoms with van der Waals surface area (Å²) in [5, 5.41) is 11.9. The van der Waals surface area contributed by atoms with Crippen LogP contribution in [0.3, 0.4) is 0 Å². The Balaban J connectivity index is 3.39. The van der Waals surface area contributed by atoms with Gasteiger partial charge in [-0.25, -0.2) is 0 Å². The van der Waals surface area contributed by atoms with Crippen LogP contribution < -0.4 is 10.4 Å². The number of carbonyl (C=O) groups is 1. The van der Waals surface area contributed by atoms with Crippen molar-refractivity contribution in [2.75, 3.05) is 6.54 Å². The lowest BCUT2D eigenvalue weighted by molar-refractivity contribution is -0.250. The number of carboxylic acid groups (broad SMARTS) is 1. The molecule has 0 rings (SSSR count). The van der Waals surface area contributed by atoms with Crippen LogP contribution in [0.2, 0.25) is 0 Å². The van der Waals surface area contributed by atoms with E-state index in [2.05, 4.69) is 17.9 Å². The van der Waals surface area contributed by atoms with Crippen LogP contribution in [0.4, 0.5) is 4.79 Å². The molecule has 0 heterocycles. The molecular weight excluding hydrogens is 138 g/mol. The zero-order valence-electron chi connectivity index (χ0n) is 5.47. The molecule has 0 aromatic rings. The minimum Gasteiger partial charge on any atom is -0.530 e. The van der Waals surface area contributed by atoms with Gasteiger partial charge in [0.2, 0.25) is 0 Å². The predicted octanol–water partition coefficient (Wildman–Crippen LogP) is -0.372. The highest BCUT2D eigenvalue weighted by Crippen LogP contribution is 2.08. The van der Waals surface area contributed by atoms with E-state index in [1.807, 2.05) is 13.8 Å². The van der Waals surface area contributed by atoms with Crippen molar-refractivity contribution in [1.82, 2.24) is 5.32 Å². The average Bonchev–Trinajstić information content (AvgIpc) is 1.59. The van der Waals surface area contributed by atoms with Crippen molar-refractivity contribution in [1.29, 1.82) is 0 Å². The van der Waals surface area contributed by atoms with Crippen molar-refractivity contribution in [3.8, 4) is 0 Å². The second-order valence-electron chi connectivity index (χ2n) is 2.45. The van der Waals surface area contributed by atoms with Crippen LogP contribution in [0.25, 0.3) is 0 Å². The second-order valence-corrected chi connectivity index (χ2v) is 3.66. The Morgan fingerprint density at radius 3 is 2.33 bits per heavy atom. The van der Waals surface area contributed by atoms with E-state index < -0.39 is 6.09 Å². The highest BCUT2D eigenvalue weighted by atomic mass is 32.1. The van der Waals surface area contributed by atoms with Gasteiger partial charge < -0.3 is 15.2 Å². The van der Waals surface area contributed by atoms with Gasteiger partial charge in [-0.15, -0.1) is 0 Å². The van der Waals surface area contributed by atoms with E-state index >= 15 is 0 Å². The molecule has 0 aliphatic rings. The zero-order chi connectivity index (χ0) is 7.49. The highest BCUT2D eigenvalue weighted by Gasteiger charge is 2.09. The maximum Gasteiger partial charge on any atom is 0.134 e. The van der Waals surface area contributed by atoms with Gasteiger partial charge >= 0.3 is 0 Å². The normalized spacial score (nSPS) is 11.0. The number of hydrogen-bond acceptors (Lipinski definition) is 3. The molecule has 0 aromatic carbocycles. The fraction of sp³-hybridized carbons (Fsp3) is 0.800. The Labute approximate surface area is 59.9 Å². The summed E-state index contributed by atoms with van der Waals surface area (Å²) in [6, 6.07) is 0. The fourth-order valence-electron chi connectivity index (χ4n) is 0.288. The number of nitrogens with one attached hydrogen (secondary N) is 1. The van der Waals surface area contributed by atoms with Crippen molar-refractivity contribution in [2.24, 2.45) is 0 Å². The second kappa shape index (κ2) is 2.96. The van der Waals surface area contributed by atoms with Gasteiger partial charge in [0.15, 0.2) is 0 Å². The summed E-state index contributed by atoms with van der Waals surface area (Å²) in [6.45, 7) is 3.93. The molecular formula is C5H10NO2S-. The summed E-state index contributed by atoms with van der Waals surface area (Å²) in [5.41, 5.74) is 0. The maximum absolute atomic E-state index is 9.79. The molecule has 0 radical (unpaired) electrons. The minimum atomic E-state index is -1.25. The first-order chi connectivity index (χ1) is 3.92. The van der Waals surface area contributed by atoms with Gasteiger partial charge in [0.05, 0.1) is 0 Å². The highest BCUT2D eigenvalue weighted by molar-refractivity contribution is 7.81. The molecule has 0 spiro atoms. The van der Waals surface area contributed by atoms with Crippen LogP contribution in [0, 0.1) is 0 Å². The van der Waals surface area contributed by atoms with Gasteiger partial charge in [-0.1, -0.05) is 0 Å². The van der Waals surface area contributed by atoms with Crippen LogP contribution in [0.1, 0.15) is 13.8 Å². The Bertz CT molecular complexity index is 108. The number of carbonyl (C=O) groups excluding carboxylic acids is 1. The lowest BCUT2D eigenvalue weighted by atomic mass is 10.2. The summed E-state index contributed by atoms with van der Waals surface area (Å²) in [4.78, 5) is 9.79. The Morgan fingerprint density at radius 2 is 2.22 bits per heavy atom. The van der Waals surface area contributed by atoms with Crippen molar-refractivity contribution in [2.45, 2.75) is 18.6 Å². The molecule has 0 atom stereocenters. The summed E-state index contributed by atoms with van der Waals surface area (Å²) in [7, 11) is 0. The van der Waals surface area contributed by atoms with E-state index in [1.165, 1.54) is 0 Å². The molecule has 3 nitrogen and oxygen atoms in total. The Hall–Kier alpha value is -0.380. The average molecular weight is 148 g/mol. The zero-order valence-corrected chi connectivity index (χ0v) is 6.37. The molecule has 4 heteroatoms. The van der Waals surface area contributed by atoms with E-state index in [-0.39, 0.29) is 4.75 Å². The minimum absolute atomic E-state index is 0.304. The molecule has 0 fully saturated rings. The van der Waals surface area contributed by atoms with Gasteiger partial charge in [-0.3, -0.25) is 0 Å². The van der Waals surface area contributed by atoms with Crippen LogP contribution in [0.15, 0.2) is 0 Å². The van der Waals surface area contributed by atoms with Crippen molar-refractivity contribution >= 4 is 18.7 Å². The van der Waals surface area contributed by atoms with Crippen LogP contribution in [-0.2, 0) is 0 Å². The quantitative estimate of drug-likeness (QED) is 0.525. The van der Waals surface area contributed by atoms with E-state index in [1.54, 1.807) is 0 Å². The van der Waals surface area contributed by atoms with E-state index in [4.69, 9.17) is 0 Å². The summed E-state index contributed by atoms with van der Waals surface area (Å²) in [6.07, 6.45) is -1.25. The molecule has 54 valence electrons. The third kappa shape index (κ3) is 7.62. The standard InChI is InChI=1S/C5H11NO2S/c1-5(2,9)3-6-4(7)8/h6,9H,3H2,1-2H3,(H,7,8)/p-1. The van der Waals surface area contributed by atoms with E-state index in [0.717, 1.165) is 0 Å². The first-order valence-electron chi connectivity index (χ1n) is 2.59. The molecule has 0 saturated carbocycles. The maximum atomic E-state index is 9.79. The monoisotopic (exact) mass is 148 g/mol. The third-order valence-corrected chi connectivity index (χ3v) is 0.823. The Kier molecular flexibility index (Phi) is 2.84. The molecule has 1 amide bonds. The predicted molar refractivity (Wildman–Crippen MR) is 36.5 cm³/mol. The van der Waals surface area contributed by atoms with Crippen molar-refractivity contribution < 1.29 is 9.90 Å². The van der Waals surface area contributed by atoms with Gasteiger partial charge in [0, 0.05) is 11.3 Å². The molecule has 0 aliphatic carbocycles. The number of hydrogen-bond donors (Lipinski definition) is 2. The van der Waals surface area contributed by atoms with Gasteiger partial charge in [0.1, 0.15) is 6.09 Å². The van der Waals surface area contributed by atoms with Gasteiger partial charge in [-0.2, -0.15) is 12.6 Å². The number of rotatable bonds is 2. The number of amides is 1. The first-order valence-corrected chi connectivity index (χ1v) is 3.04. The summed E-state index contributed by atoms with van der Waals surface area (Å²) >= 11 is 4.08. The Morgan fingerprint density at radius 1 is 1.78 bits per heavy atom. The van der Waals surface area contributed by atoms with Crippen LogP contribution >= 0.6 is 12.6 Å².